The predicted molar refractivity (Wildman–Crippen MR) is 328 cm³/mol. The molecular formula is C62H74Cl4O14Si. The van der Waals surface area contributed by atoms with Gasteiger partial charge in [-0.1, -0.05) is 117 Å². The highest BCUT2D eigenvalue weighted by molar-refractivity contribution is 7.18. The molecular weight excluding hydrogens is 1140 g/mol. The lowest BCUT2D eigenvalue weighted by molar-refractivity contribution is -0.146. The summed E-state index contributed by atoms with van der Waals surface area (Å²) in [5, 5.41) is -1.55. The number of ketones is 4. The van der Waals surface area contributed by atoms with E-state index in [0.717, 1.165) is 44.7 Å². The molecule has 0 saturated carbocycles. The minimum atomic E-state index is -1.14. The van der Waals surface area contributed by atoms with E-state index < -0.39 is 41.4 Å². The van der Waals surface area contributed by atoms with Gasteiger partial charge in [0.15, 0.2) is 0 Å². The number of hydrogen-bond donors (Lipinski definition) is 0. The van der Waals surface area contributed by atoms with Gasteiger partial charge in [-0.15, -0.1) is 0 Å². The van der Waals surface area contributed by atoms with Gasteiger partial charge < -0.3 is 33.2 Å². The van der Waals surface area contributed by atoms with E-state index in [1.807, 2.05) is 98.8 Å². The van der Waals surface area contributed by atoms with E-state index in [9.17, 15) is 38.4 Å². The largest absolute Gasteiger partial charge is 0.497 e. The summed E-state index contributed by atoms with van der Waals surface area (Å²) in [5.41, 5.74) is 6.77. The second-order valence-corrected chi connectivity index (χ2v) is 26.7. The van der Waals surface area contributed by atoms with Gasteiger partial charge in [-0.2, -0.15) is 11.1 Å². The SMILES string of the molecule is C.CC(C)=O.CC1=C(c2ccc(C)cc2)C(=O)C(=O)O1.CCOc1ccc(C2=C(C)OC(=O)C2=O)cc1.COc1ccc(C=C(C)C)cc1.COc1ccc(CC(C)=O)cc1.COc1ccc(Cl)cc1.C[Si](C)(C)Cl.O=C(Cl)C(=O)Cl. The smallest absolute Gasteiger partial charge is 0.384 e. The van der Waals surface area contributed by atoms with Crippen molar-refractivity contribution in [2.75, 3.05) is 27.9 Å². The molecule has 14 nitrogen and oxygen atoms in total. The third-order valence-electron chi connectivity index (χ3n) is 9.20. The van der Waals surface area contributed by atoms with Crippen molar-refractivity contribution in [3.63, 3.8) is 0 Å². The Balaban J connectivity index is 0. The van der Waals surface area contributed by atoms with Gasteiger partial charge in [0, 0.05) is 11.4 Å². The number of aryl methyl sites for hydroxylation is 1. The Morgan fingerprint density at radius 2 is 0.864 bits per heavy atom. The first-order valence-electron chi connectivity index (χ1n) is 24.4. The summed E-state index contributed by atoms with van der Waals surface area (Å²) < 4.78 is 29.8. The lowest BCUT2D eigenvalue weighted by Gasteiger charge is -2.04. The van der Waals surface area contributed by atoms with Crippen LogP contribution in [0.25, 0.3) is 17.2 Å². The molecule has 81 heavy (non-hydrogen) atoms. The van der Waals surface area contributed by atoms with Crippen molar-refractivity contribution in [1.29, 1.82) is 0 Å². The van der Waals surface area contributed by atoms with Crippen LogP contribution in [0.3, 0.4) is 0 Å². The van der Waals surface area contributed by atoms with Crippen LogP contribution in [0.2, 0.25) is 24.7 Å². The minimum absolute atomic E-state index is 0. The number of allylic oxidation sites excluding steroid dienone is 3. The van der Waals surface area contributed by atoms with Gasteiger partial charge in [-0.05, 0) is 168 Å². The van der Waals surface area contributed by atoms with Crippen molar-refractivity contribution in [3.05, 3.63) is 171 Å². The quantitative estimate of drug-likeness (QED) is 0.0399. The van der Waals surface area contributed by atoms with E-state index in [1.165, 1.54) is 25.0 Å². The molecule has 2 aliphatic heterocycles. The summed E-state index contributed by atoms with van der Waals surface area (Å²) in [6.45, 7) is 22.8. The van der Waals surface area contributed by atoms with Crippen LogP contribution in [-0.2, 0) is 54.3 Å². The molecule has 0 spiro atoms. The number of halogens is 4. The zero-order valence-corrected chi connectivity index (χ0v) is 51.8. The topological polar surface area (TPSA) is 192 Å². The summed E-state index contributed by atoms with van der Waals surface area (Å²) in [6.07, 6.45) is 2.64. The van der Waals surface area contributed by atoms with Gasteiger partial charge in [-0.25, -0.2) is 9.59 Å². The van der Waals surface area contributed by atoms with Crippen LogP contribution < -0.4 is 18.9 Å². The number of ether oxygens (including phenoxy) is 6. The van der Waals surface area contributed by atoms with E-state index >= 15 is 0 Å². The molecule has 0 radical (unpaired) electrons. The van der Waals surface area contributed by atoms with Gasteiger partial charge in [0.25, 0.3) is 11.6 Å². The van der Waals surface area contributed by atoms with E-state index in [2.05, 4.69) is 62.8 Å². The summed E-state index contributed by atoms with van der Waals surface area (Å²) in [6, 6.07) is 37.2. The lowest BCUT2D eigenvalue weighted by atomic mass is 10.0. The molecule has 2 heterocycles. The van der Waals surface area contributed by atoms with Crippen LogP contribution in [0.4, 0.5) is 0 Å². The third-order valence-corrected chi connectivity index (χ3v) is 9.89. The molecule has 0 N–H and O–H groups in total. The van der Waals surface area contributed by atoms with Crippen molar-refractivity contribution >= 4 is 116 Å². The molecule has 0 atom stereocenters. The Morgan fingerprint density at radius 3 is 1.15 bits per heavy atom. The predicted octanol–water partition coefficient (Wildman–Crippen LogP) is 14.9. The van der Waals surface area contributed by atoms with Crippen LogP contribution in [0, 0.1) is 6.92 Å². The highest BCUT2D eigenvalue weighted by atomic mass is 35.6. The molecule has 0 bridgehead atoms. The molecule has 0 fully saturated rings. The Kier molecular flexibility index (Phi) is 37.6. The summed E-state index contributed by atoms with van der Waals surface area (Å²) in [4.78, 5) is 84.2. The van der Waals surface area contributed by atoms with Crippen molar-refractivity contribution in [2.45, 2.75) is 95.8 Å². The normalized spacial score (nSPS) is 11.5. The Morgan fingerprint density at radius 1 is 0.543 bits per heavy atom. The number of carbonyl (C=O) groups is 8. The van der Waals surface area contributed by atoms with E-state index in [0.29, 0.717) is 41.3 Å². The molecule has 0 aliphatic carbocycles. The summed E-state index contributed by atoms with van der Waals surface area (Å²) >= 11 is 20.3. The third kappa shape index (κ3) is 33.9. The van der Waals surface area contributed by atoms with Crippen LogP contribution in [0.5, 0.6) is 23.0 Å². The van der Waals surface area contributed by atoms with Crippen molar-refractivity contribution in [3.8, 4) is 23.0 Å². The van der Waals surface area contributed by atoms with E-state index in [1.54, 1.807) is 78.5 Å². The molecule has 7 rings (SSSR count). The number of hydrogen-bond acceptors (Lipinski definition) is 14. The summed E-state index contributed by atoms with van der Waals surface area (Å²) in [7, 11) is 3.79. The molecule has 19 heteroatoms. The van der Waals surface area contributed by atoms with E-state index in [4.69, 9.17) is 51.1 Å². The number of Topliss-reactive ketones (excluding diaryl/α,β-unsaturated/α-hetero) is 4. The van der Waals surface area contributed by atoms with Crippen molar-refractivity contribution < 1.29 is 66.8 Å². The first-order valence-corrected chi connectivity index (χ1v) is 30.0. The van der Waals surface area contributed by atoms with E-state index in [-0.39, 0.29) is 19.0 Å². The number of cyclic esters (lactones) is 2. The average molecular weight is 1210 g/mol. The first kappa shape index (κ1) is 75.9. The molecule has 0 saturated heterocycles. The molecule has 0 aromatic heterocycles. The fourth-order valence-corrected chi connectivity index (χ4v) is 6.03. The highest BCUT2D eigenvalue weighted by Crippen LogP contribution is 2.29. The van der Waals surface area contributed by atoms with Crippen LogP contribution in [0.15, 0.2) is 138 Å². The Bertz CT molecular complexity index is 2900. The second kappa shape index (κ2) is 40.1. The van der Waals surface area contributed by atoms with Gasteiger partial charge in [0.05, 0.1) is 39.1 Å². The zero-order chi connectivity index (χ0) is 61.3. The monoisotopic (exact) mass is 1210 g/mol. The van der Waals surface area contributed by atoms with Gasteiger partial charge in [0.2, 0.25) is 0 Å². The lowest BCUT2D eigenvalue weighted by Crippen LogP contribution is -2.09. The maximum absolute atomic E-state index is 11.6. The molecule has 0 amide bonds. The maximum atomic E-state index is 11.6. The van der Waals surface area contributed by atoms with Gasteiger partial charge in [-0.3, -0.25) is 24.0 Å². The number of carbonyl (C=O) groups excluding carboxylic acids is 8. The molecule has 5 aromatic carbocycles. The van der Waals surface area contributed by atoms with Gasteiger partial charge in [0.1, 0.15) is 53.5 Å². The maximum Gasteiger partial charge on any atom is 0.384 e. The van der Waals surface area contributed by atoms with Gasteiger partial charge >= 0.3 is 22.4 Å². The number of rotatable bonds is 11. The highest BCUT2D eigenvalue weighted by Gasteiger charge is 2.33. The molecule has 438 valence electrons. The Labute approximate surface area is 498 Å². The fraction of sp³-hybridized carbons (Fsp3) is 0.290. The molecule has 2 aliphatic rings. The zero-order valence-electron chi connectivity index (χ0n) is 47.8. The summed E-state index contributed by atoms with van der Waals surface area (Å²) in [5.74, 6) is 1.62. The number of benzene rings is 5. The van der Waals surface area contributed by atoms with Crippen LogP contribution >= 0.6 is 45.9 Å². The standard InChI is InChI=1S/C13H12O4.C12H10O3.C11H14O.C10H12O2.C7H7ClO.C3H9ClSi.C3H6O.C2Cl2O2.CH4/c1-3-16-10-6-4-9(5-7-10)11-8(2)17-13(15)12(11)14;1-7-3-5-9(6-4-7)10-8(2)15-12(14)11(10)13;1-9(2)8-10-4-6-11(12-3)7-5-10;1-8(11)7-9-3-5-10(12-2)6-4-9;1-9-7-4-2-6(8)3-5-7;1-5(2,3)4;1-3(2)4;3-1(5)2(4)6;/h4-7H,3H2,1-2H3;3-6H,1-2H3;4-8H,1-3H3;3-6H,7H2,1-2H3;2-5H,1H3;1-3H3;1-2H3;;1H4. The first-order chi connectivity index (χ1) is 37.4. The Hall–Kier alpha value is -7.14. The van der Waals surface area contributed by atoms with Crippen LogP contribution in [0.1, 0.15) is 90.6 Å². The second-order valence-electron chi connectivity index (χ2n) is 18.0. The van der Waals surface area contributed by atoms with Crippen molar-refractivity contribution in [2.24, 2.45) is 0 Å². The minimum Gasteiger partial charge on any atom is -0.497 e. The van der Waals surface area contributed by atoms with Crippen molar-refractivity contribution in [1.82, 2.24) is 0 Å². The van der Waals surface area contributed by atoms with Crippen LogP contribution in [-0.4, -0.2) is 80.9 Å². The number of methoxy groups -OCH3 is 3. The average Bonchev–Trinajstić information content (AvgIpc) is 3.82. The molecule has 0 unspecified atom stereocenters. The molecule has 5 aromatic rings. The fourth-order valence-electron chi connectivity index (χ4n) is 5.91. The number of esters is 2.